The normalized spacial score (nSPS) is 27.4. The van der Waals surface area contributed by atoms with Gasteiger partial charge < -0.3 is 0 Å². The second-order valence-electron chi connectivity index (χ2n) is 10.5. The minimum absolute atomic E-state index is 0.377. The zero-order valence-corrected chi connectivity index (χ0v) is 19.6. The van der Waals surface area contributed by atoms with Gasteiger partial charge in [-0.1, -0.05) is 89.0 Å². The Hall–Kier alpha value is -0.990. The van der Waals surface area contributed by atoms with Crippen LogP contribution in [0.1, 0.15) is 120 Å². The van der Waals surface area contributed by atoms with Gasteiger partial charge in [-0.25, -0.2) is 0 Å². The van der Waals surface area contributed by atoms with E-state index in [9.17, 15) is 13.2 Å². The van der Waals surface area contributed by atoms with Crippen LogP contribution in [0.25, 0.3) is 0 Å². The highest BCUT2D eigenvalue weighted by Gasteiger charge is 2.31. The van der Waals surface area contributed by atoms with E-state index in [1.54, 1.807) is 12.1 Å². The van der Waals surface area contributed by atoms with E-state index < -0.39 is 12.6 Å². The van der Waals surface area contributed by atoms with Crippen molar-refractivity contribution in [3.8, 4) is 0 Å². The first kappa shape index (κ1) is 24.6. The SMILES string of the molecule is CCCCCCCCC1CCC(C2CCC(c3ccc(CC(F)(F)F)cc3)CC2)CC1. The van der Waals surface area contributed by atoms with Gasteiger partial charge in [0.2, 0.25) is 0 Å². The van der Waals surface area contributed by atoms with Crippen LogP contribution in [0.3, 0.4) is 0 Å². The number of hydrogen-bond donors (Lipinski definition) is 0. The Kier molecular flexibility index (Phi) is 9.78. The van der Waals surface area contributed by atoms with Crippen molar-refractivity contribution in [3.63, 3.8) is 0 Å². The lowest BCUT2D eigenvalue weighted by Gasteiger charge is -2.38. The van der Waals surface area contributed by atoms with Crippen molar-refractivity contribution in [2.45, 2.75) is 122 Å². The minimum atomic E-state index is -4.12. The molecular formula is C28H43F3. The van der Waals surface area contributed by atoms with Crippen molar-refractivity contribution >= 4 is 0 Å². The highest BCUT2D eigenvalue weighted by Crippen LogP contribution is 2.44. The molecule has 2 saturated carbocycles. The lowest BCUT2D eigenvalue weighted by molar-refractivity contribution is -0.127. The summed E-state index contributed by atoms with van der Waals surface area (Å²) in [6.45, 7) is 2.28. The summed E-state index contributed by atoms with van der Waals surface area (Å²) in [7, 11) is 0. The molecule has 0 unspecified atom stereocenters. The number of halogens is 3. The van der Waals surface area contributed by atoms with E-state index >= 15 is 0 Å². The lowest BCUT2D eigenvalue weighted by Crippen LogP contribution is -2.25. The summed E-state index contributed by atoms with van der Waals surface area (Å²) in [5, 5.41) is 0. The quantitative estimate of drug-likeness (QED) is 0.320. The van der Waals surface area contributed by atoms with Gasteiger partial charge in [-0.15, -0.1) is 0 Å². The molecular weight excluding hydrogens is 393 g/mol. The summed E-state index contributed by atoms with van der Waals surface area (Å²) in [5.74, 6) is 3.33. The van der Waals surface area contributed by atoms with Gasteiger partial charge in [0.05, 0.1) is 6.42 Å². The van der Waals surface area contributed by atoms with Crippen molar-refractivity contribution in [1.29, 1.82) is 0 Å². The molecule has 0 radical (unpaired) electrons. The van der Waals surface area contributed by atoms with E-state index in [0.29, 0.717) is 11.5 Å². The highest BCUT2D eigenvalue weighted by atomic mass is 19.4. The number of alkyl halides is 3. The van der Waals surface area contributed by atoms with Crippen molar-refractivity contribution in [2.75, 3.05) is 0 Å². The van der Waals surface area contributed by atoms with Crippen LogP contribution in [0.5, 0.6) is 0 Å². The number of hydrogen-bond acceptors (Lipinski definition) is 0. The molecule has 3 heteroatoms. The van der Waals surface area contributed by atoms with Gasteiger partial charge in [-0.2, -0.15) is 13.2 Å². The van der Waals surface area contributed by atoms with E-state index in [2.05, 4.69) is 6.92 Å². The average molecular weight is 437 g/mol. The topological polar surface area (TPSA) is 0 Å². The number of rotatable bonds is 10. The molecule has 0 N–H and O–H groups in total. The molecule has 0 amide bonds. The van der Waals surface area contributed by atoms with Crippen molar-refractivity contribution in [2.24, 2.45) is 17.8 Å². The third kappa shape index (κ3) is 8.46. The first-order valence-electron chi connectivity index (χ1n) is 13.1. The van der Waals surface area contributed by atoms with E-state index in [1.165, 1.54) is 102 Å². The summed E-state index contributed by atoms with van der Waals surface area (Å²) < 4.78 is 37.7. The van der Waals surface area contributed by atoms with Crippen LogP contribution >= 0.6 is 0 Å². The molecule has 176 valence electrons. The predicted octanol–water partition coefficient (Wildman–Crippen LogP) is 9.62. The van der Waals surface area contributed by atoms with Crippen LogP contribution in [-0.4, -0.2) is 6.18 Å². The van der Waals surface area contributed by atoms with Crippen LogP contribution in [0, 0.1) is 17.8 Å². The largest absolute Gasteiger partial charge is 0.393 e. The van der Waals surface area contributed by atoms with Crippen LogP contribution in [0.15, 0.2) is 24.3 Å². The summed E-state index contributed by atoms with van der Waals surface area (Å²) in [6, 6.07) is 7.25. The van der Waals surface area contributed by atoms with Gasteiger partial charge in [-0.05, 0) is 73.3 Å². The molecule has 2 fully saturated rings. The molecule has 0 aromatic heterocycles. The van der Waals surface area contributed by atoms with Gasteiger partial charge in [-0.3, -0.25) is 0 Å². The maximum atomic E-state index is 12.6. The lowest BCUT2D eigenvalue weighted by atomic mass is 9.68. The molecule has 1 aromatic rings. The van der Waals surface area contributed by atoms with E-state index in [-0.39, 0.29) is 0 Å². The first-order chi connectivity index (χ1) is 14.9. The Morgan fingerprint density at radius 3 is 1.84 bits per heavy atom. The molecule has 3 rings (SSSR count). The second-order valence-corrected chi connectivity index (χ2v) is 10.5. The summed E-state index contributed by atoms with van der Waals surface area (Å²) >= 11 is 0. The molecule has 0 heterocycles. The van der Waals surface area contributed by atoms with Crippen LogP contribution in [0.4, 0.5) is 13.2 Å². The van der Waals surface area contributed by atoms with Gasteiger partial charge in [0.25, 0.3) is 0 Å². The Morgan fingerprint density at radius 2 is 1.26 bits per heavy atom. The number of benzene rings is 1. The zero-order chi connectivity index (χ0) is 22.1. The van der Waals surface area contributed by atoms with E-state index in [1.807, 2.05) is 12.1 Å². The molecule has 0 nitrogen and oxygen atoms in total. The smallest absolute Gasteiger partial charge is 0.171 e. The minimum Gasteiger partial charge on any atom is -0.171 e. The molecule has 1 aromatic carbocycles. The molecule has 0 saturated heterocycles. The molecule has 0 bridgehead atoms. The highest BCUT2D eigenvalue weighted by molar-refractivity contribution is 5.26. The van der Waals surface area contributed by atoms with Gasteiger partial charge in [0, 0.05) is 0 Å². The monoisotopic (exact) mass is 436 g/mol. The predicted molar refractivity (Wildman–Crippen MR) is 124 cm³/mol. The third-order valence-corrected chi connectivity index (χ3v) is 8.15. The standard InChI is InChI=1S/C28H43F3/c1-2-3-4-5-6-7-8-22-9-13-24(14-10-22)26-17-19-27(20-18-26)25-15-11-23(12-16-25)21-28(29,30)31/h11-12,15-16,22,24,26-27H,2-10,13-14,17-21H2,1H3. The Bertz CT molecular complexity index is 602. The van der Waals surface area contributed by atoms with Crippen molar-refractivity contribution in [3.05, 3.63) is 35.4 Å². The van der Waals surface area contributed by atoms with Crippen LogP contribution in [0.2, 0.25) is 0 Å². The average Bonchev–Trinajstić information content (AvgIpc) is 2.76. The molecule has 2 aliphatic rings. The maximum absolute atomic E-state index is 12.6. The number of unbranched alkanes of at least 4 members (excludes halogenated alkanes) is 5. The molecule has 31 heavy (non-hydrogen) atoms. The molecule has 0 aliphatic heterocycles. The van der Waals surface area contributed by atoms with Crippen molar-refractivity contribution in [1.82, 2.24) is 0 Å². The summed E-state index contributed by atoms with van der Waals surface area (Å²) in [4.78, 5) is 0. The second kappa shape index (κ2) is 12.3. The van der Waals surface area contributed by atoms with Crippen LogP contribution in [-0.2, 0) is 6.42 Å². The fraction of sp³-hybridized carbons (Fsp3) is 0.786. The van der Waals surface area contributed by atoms with Crippen LogP contribution < -0.4 is 0 Å². The van der Waals surface area contributed by atoms with Gasteiger partial charge >= 0.3 is 6.18 Å². The molecule has 0 spiro atoms. The summed E-state index contributed by atoms with van der Waals surface area (Å²) in [5.41, 5.74) is 1.62. The zero-order valence-electron chi connectivity index (χ0n) is 19.6. The van der Waals surface area contributed by atoms with E-state index in [0.717, 1.165) is 17.8 Å². The van der Waals surface area contributed by atoms with Gasteiger partial charge in [0.1, 0.15) is 0 Å². The molecule has 2 aliphatic carbocycles. The molecule has 0 atom stereocenters. The Labute approximate surface area is 188 Å². The fourth-order valence-electron chi connectivity index (χ4n) is 6.22. The fourth-order valence-corrected chi connectivity index (χ4v) is 6.22. The summed E-state index contributed by atoms with van der Waals surface area (Å²) in [6.07, 6.45) is 15.8. The maximum Gasteiger partial charge on any atom is 0.393 e. The third-order valence-electron chi connectivity index (χ3n) is 8.15. The van der Waals surface area contributed by atoms with E-state index in [4.69, 9.17) is 0 Å². The van der Waals surface area contributed by atoms with Crippen molar-refractivity contribution < 1.29 is 13.2 Å². The Morgan fingerprint density at radius 1 is 0.710 bits per heavy atom. The first-order valence-corrected chi connectivity index (χ1v) is 13.1. The Balaban J connectivity index is 1.33. The van der Waals surface area contributed by atoms with Gasteiger partial charge in [0.15, 0.2) is 0 Å².